The fourth-order valence-electron chi connectivity index (χ4n) is 3.15. The lowest BCUT2D eigenvalue weighted by Crippen LogP contribution is -2.36. The standard InChI is InChI=1S/C24H21N3O6S/c1-16-3-9-19(10-4-16)34(31,32)27(15-23(28)33-2)14-22-20(24(29)30)11-12-21(26-22)18-7-5-17(13-25)6-8-18/h3-12H,14-15H2,1-2H3,(H,29,30). The van der Waals surface area contributed by atoms with E-state index in [1.54, 1.807) is 43.3 Å². The van der Waals surface area contributed by atoms with E-state index in [0.29, 0.717) is 16.8 Å². The predicted molar refractivity (Wildman–Crippen MR) is 122 cm³/mol. The Morgan fingerprint density at radius 3 is 2.26 bits per heavy atom. The van der Waals surface area contributed by atoms with Gasteiger partial charge >= 0.3 is 11.9 Å². The summed E-state index contributed by atoms with van der Waals surface area (Å²) in [5, 5.41) is 18.6. The summed E-state index contributed by atoms with van der Waals surface area (Å²) in [5.74, 6) is -2.10. The number of hydrogen-bond acceptors (Lipinski definition) is 7. The molecule has 0 radical (unpaired) electrons. The molecule has 1 N–H and O–H groups in total. The van der Waals surface area contributed by atoms with Gasteiger partial charge in [-0.3, -0.25) is 9.78 Å². The van der Waals surface area contributed by atoms with Crippen molar-refractivity contribution in [2.75, 3.05) is 13.7 Å². The second-order valence-corrected chi connectivity index (χ2v) is 9.29. The first-order chi connectivity index (χ1) is 16.1. The topological polar surface area (TPSA) is 138 Å². The smallest absolute Gasteiger partial charge is 0.337 e. The van der Waals surface area contributed by atoms with E-state index in [1.807, 2.05) is 6.07 Å². The lowest BCUT2D eigenvalue weighted by molar-refractivity contribution is -0.140. The van der Waals surface area contributed by atoms with Crippen molar-refractivity contribution in [3.8, 4) is 17.3 Å². The Morgan fingerprint density at radius 1 is 1.06 bits per heavy atom. The quantitative estimate of drug-likeness (QED) is 0.487. The summed E-state index contributed by atoms with van der Waals surface area (Å²) in [6, 6.07) is 17.4. The number of pyridine rings is 1. The molecule has 0 aliphatic carbocycles. The van der Waals surface area contributed by atoms with Gasteiger partial charge in [0.1, 0.15) is 6.54 Å². The molecule has 0 saturated carbocycles. The number of esters is 1. The van der Waals surface area contributed by atoms with Crippen LogP contribution in [0.15, 0.2) is 65.6 Å². The minimum absolute atomic E-state index is 0.0473. The zero-order valence-corrected chi connectivity index (χ0v) is 19.2. The van der Waals surface area contributed by atoms with Gasteiger partial charge in [-0.2, -0.15) is 9.57 Å². The van der Waals surface area contributed by atoms with E-state index in [-0.39, 0.29) is 16.2 Å². The molecule has 0 spiro atoms. The number of benzene rings is 2. The average molecular weight is 480 g/mol. The molecule has 0 atom stereocenters. The zero-order valence-electron chi connectivity index (χ0n) is 18.4. The molecule has 3 aromatic rings. The summed E-state index contributed by atoms with van der Waals surface area (Å²) in [5.41, 5.74) is 2.04. The van der Waals surface area contributed by atoms with Crippen LogP contribution < -0.4 is 0 Å². The number of rotatable bonds is 8. The highest BCUT2D eigenvalue weighted by atomic mass is 32.2. The molecule has 0 aliphatic rings. The van der Waals surface area contributed by atoms with Crippen LogP contribution in [0.25, 0.3) is 11.3 Å². The summed E-state index contributed by atoms with van der Waals surface area (Å²) in [6.45, 7) is 0.700. The molecule has 174 valence electrons. The predicted octanol–water partition coefficient (Wildman–Crippen LogP) is 2.99. The number of nitriles is 1. The molecule has 0 unspecified atom stereocenters. The second-order valence-electron chi connectivity index (χ2n) is 7.35. The van der Waals surface area contributed by atoms with Crippen molar-refractivity contribution in [1.29, 1.82) is 5.26 Å². The monoisotopic (exact) mass is 479 g/mol. The van der Waals surface area contributed by atoms with Gasteiger partial charge in [-0.05, 0) is 43.3 Å². The summed E-state index contributed by atoms with van der Waals surface area (Å²) in [4.78, 5) is 28.2. The van der Waals surface area contributed by atoms with Gasteiger partial charge in [0.25, 0.3) is 0 Å². The Labute approximate surface area is 196 Å². The van der Waals surface area contributed by atoms with Gasteiger partial charge in [0.15, 0.2) is 0 Å². The van der Waals surface area contributed by atoms with Crippen LogP contribution in [0.1, 0.15) is 27.2 Å². The number of aryl methyl sites for hydroxylation is 1. The minimum atomic E-state index is -4.19. The third-order valence-electron chi connectivity index (χ3n) is 5.03. The van der Waals surface area contributed by atoms with Crippen LogP contribution in [0.5, 0.6) is 0 Å². The molecule has 0 amide bonds. The number of aromatic nitrogens is 1. The number of carbonyl (C=O) groups excluding carboxylic acids is 1. The first-order valence-corrected chi connectivity index (χ1v) is 11.5. The van der Waals surface area contributed by atoms with Crippen molar-refractivity contribution >= 4 is 22.0 Å². The van der Waals surface area contributed by atoms with Gasteiger partial charge < -0.3 is 9.84 Å². The van der Waals surface area contributed by atoms with Crippen LogP contribution in [0, 0.1) is 18.3 Å². The largest absolute Gasteiger partial charge is 0.478 e. The molecular weight excluding hydrogens is 458 g/mol. The van der Waals surface area contributed by atoms with Gasteiger partial charge in [-0.15, -0.1) is 0 Å². The summed E-state index contributed by atoms with van der Waals surface area (Å²) in [6.07, 6.45) is 0. The van der Waals surface area contributed by atoms with E-state index >= 15 is 0 Å². The van der Waals surface area contributed by atoms with Crippen LogP contribution in [-0.2, 0) is 26.1 Å². The maximum atomic E-state index is 13.3. The molecule has 1 heterocycles. The van der Waals surface area contributed by atoms with E-state index in [9.17, 15) is 23.1 Å². The molecule has 0 fully saturated rings. The third kappa shape index (κ3) is 5.46. The number of methoxy groups -OCH3 is 1. The highest BCUT2D eigenvalue weighted by Crippen LogP contribution is 2.24. The van der Waals surface area contributed by atoms with Crippen molar-refractivity contribution < 1.29 is 27.9 Å². The molecule has 10 heteroatoms. The van der Waals surface area contributed by atoms with E-state index in [4.69, 9.17) is 5.26 Å². The van der Waals surface area contributed by atoms with Gasteiger partial charge in [-0.25, -0.2) is 13.2 Å². The van der Waals surface area contributed by atoms with Crippen LogP contribution in [-0.4, -0.2) is 48.4 Å². The van der Waals surface area contributed by atoms with Gasteiger partial charge in [0.2, 0.25) is 10.0 Å². The molecule has 9 nitrogen and oxygen atoms in total. The SMILES string of the molecule is COC(=O)CN(Cc1nc(-c2ccc(C#N)cc2)ccc1C(=O)O)S(=O)(=O)c1ccc(C)cc1. The molecular formula is C24H21N3O6S. The molecule has 3 rings (SSSR count). The number of ether oxygens (including phenoxy) is 1. The summed E-state index contributed by atoms with van der Waals surface area (Å²) >= 11 is 0. The highest BCUT2D eigenvalue weighted by molar-refractivity contribution is 7.89. The van der Waals surface area contributed by atoms with E-state index in [2.05, 4.69) is 9.72 Å². The fraction of sp³-hybridized carbons (Fsp3) is 0.167. The van der Waals surface area contributed by atoms with E-state index in [1.165, 1.54) is 24.3 Å². The normalized spacial score (nSPS) is 11.1. The number of nitrogens with zero attached hydrogens (tertiary/aromatic N) is 3. The maximum Gasteiger partial charge on any atom is 0.337 e. The molecule has 2 aromatic carbocycles. The van der Waals surface area contributed by atoms with Gasteiger partial charge in [0, 0.05) is 5.56 Å². The Morgan fingerprint density at radius 2 is 1.71 bits per heavy atom. The van der Waals surface area contributed by atoms with Gasteiger partial charge in [0.05, 0.1) is 47.1 Å². The molecule has 1 aromatic heterocycles. The molecule has 0 saturated heterocycles. The molecule has 0 aliphatic heterocycles. The van der Waals surface area contributed by atoms with Crippen molar-refractivity contribution in [2.45, 2.75) is 18.4 Å². The highest BCUT2D eigenvalue weighted by Gasteiger charge is 2.29. The molecule has 34 heavy (non-hydrogen) atoms. The number of sulfonamides is 1. The average Bonchev–Trinajstić information content (AvgIpc) is 2.83. The van der Waals surface area contributed by atoms with E-state index in [0.717, 1.165) is 17.0 Å². The lowest BCUT2D eigenvalue weighted by Gasteiger charge is -2.22. The molecule has 0 bridgehead atoms. The summed E-state index contributed by atoms with van der Waals surface area (Å²) < 4.78 is 32.1. The Balaban J connectivity index is 2.07. The number of aromatic carboxylic acids is 1. The second kappa shape index (κ2) is 10.2. The number of carboxylic acids is 1. The van der Waals surface area contributed by atoms with Crippen LogP contribution in [0.2, 0.25) is 0 Å². The fourth-order valence-corrected chi connectivity index (χ4v) is 4.50. The Bertz CT molecular complexity index is 1360. The summed E-state index contributed by atoms with van der Waals surface area (Å²) in [7, 11) is -3.06. The lowest BCUT2D eigenvalue weighted by atomic mass is 10.1. The Hall–Kier alpha value is -4.07. The van der Waals surface area contributed by atoms with E-state index < -0.39 is 35.1 Å². The van der Waals surface area contributed by atoms with Crippen LogP contribution in [0.3, 0.4) is 0 Å². The minimum Gasteiger partial charge on any atom is -0.478 e. The van der Waals surface area contributed by atoms with Crippen molar-refractivity contribution in [3.05, 3.63) is 83.0 Å². The first-order valence-electron chi connectivity index (χ1n) is 10.0. The number of carboxylic acid groups (broad SMARTS) is 1. The van der Waals surface area contributed by atoms with Crippen molar-refractivity contribution in [3.63, 3.8) is 0 Å². The first kappa shape index (κ1) is 24.6. The Kier molecular flexibility index (Phi) is 7.40. The number of carbonyl (C=O) groups is 2. The third-order valence-corrected chi connectivity index (χ3v) is 6.84. The van der Waals surface area contributed by atoms with Crippen molar-refractivity contribution in [2.24, 2.45) is 0 Å². The zero-order chi connectivity index (χ0) is 24.9. The maximum absolute atomic E-state index is 13.3. The van der Waals surface area contributed by atoms with Crippen molar-refractivity contribution in [1.82, 2.24) is 9.29 Å². The van der Waals surface area contributed by atoms with Gasteiger partial charge in [-0.1, -0.05) is 29.8 Å². The van der Waals surface area contributed by atoms with Crippen LogP contribution >= 0.6 is 0 Å². The number of hydrogen-bond donors (Lipinski definition) is 1. The van der Waals surface area contributed by atoms with Crippen LogP contribution in [0.4, 0.5) is 0 Å².